The molecular formula is C24H29N5O. The maximum atomic E-state index is 6.57. The lowest BCUT2D eigenvalue weighted by Crippen LogP contribution is -2.32. The molecule has 0 atom stereocenters. The number of anilines is 1. The van der Waals surface area contributed by atoms with Crippen LogP contribution in [0, 0.1) is 0 Å². The minimum atomic E-state index is -0.175. The number of nitrogens with zero attached hydrogens (tertiary/aromatic N) is 3. The number of hydrogen-bond acceptors (Lipinski definition) is 5. The van der Waals surface area contributed by atoms with Crippen LogP contribution in [0.5, 0.6) is 5.75 Å². The van der Waals surface area contributed by atoms with E-state index in [1.807, 2.05) is 12.1 Å². The average Bonchev–Trinajstić information content (AvgIpc) is 3.23. The minimum absolute atomic E-state index is 0.175. The molecular weight excluding hydrogens is 374 g/mol. The van der Waals surface area contributed by atoms with Gasteiger partial charge in [0.15, 0.2) is 0 Å². The van der Waals surface area contributed by atoms with Crippen molar-refractivity contribution in [2.24, 2.45) is 5.73 Å². The lowest BCUT2D eigenvalue weighted by atomic mass is 9.71. The Labute approximate surface area is 177 Å². The molecule has 1 fully saturated rings. The van der Waals surface area contributed by atoms with Crippen LogP contribution >= 0.6 is 0 Å². The van der Waals surface area contributed by atoms with Gasteiger partial charge in [0.2, 0.25) is 0 Å². The van der Waals surface area contributed by atoms with E-state index in [1.54, 1.807) is 6.33 Å². The van der Waals surface area contributed by atoms with E-state index in [-0.39, 0.29) is 11.5 Å². The summed E-state index contributed by atoms with van der Waals surface area (Å²) in [5.41, 5.74) is 17.6. The molecule has 0 amide bonds. The molecule has 3 aromatic rings. The van der Waals surface area contributed by atoms with Crippen molar-refractivity contribution >= 4 is 5.82 Å². The molecule has 4 N–H and O–H groups in total. The number of hydrogen-bond donors (Lipinski definition) is 2. The van der Waals surface area contributed by atoms with Crippen LogP contribution in [0.25, 0.3) is 16.9 Å². The van der Waals surface area contributed by atoms with Crippen molar-refractivity contribution < 1.29 is 4.74 Å². The monoisotopic (exact) mass is 403 g/mol. The van der Waals surface area contributed by atoms with Crippen molar-refractivity contribution in [3.8, 4) is 22.7 Å². The second-order valence-corrected chi connectivity index (χ2v) is 9.23. The number of benzene rings is 1. The zero-order chi connectivity index (χ0) is 20.9. The van der Waals surface area contributed by atoms with Crippen molar-refractivity contribution in [3.63, 3.8) is 0 Å². The van der Waals surface area contributed by atoms with Crippen LogP contribution in [-0.4, -0.2) is 26.7 Å². The first-order chi connectivity index (χ1) is 14.4. The van der Waals surface area contributed by atoms with Gasteiger partial charge in [-0.2, -0.15) is 0 Å². The number of ether oxygens (including phenoxy) is 1. The van der Waals surface area contributed by atoms with E-state index in [2.05, 4.69) is 52.9 Å². The summed E-state index contributed by atoms with van der Waals surface area (Å²) in [7, 11) is 0. The third-order valence-corrected chi connectivity index (χ3v) is 6.55. The van der Waals surface area contributed by atoms with E-state index in [9.17, 15) is 0 Å². The van der Waals surface area contributed by atoms with Gasteiger partial charge in [-0.1, -0.05) is 13.8 Å². The van der Waals surface area contributed by atoms with E-state index < -0.39 is 0 Å². The van der Waals surface area contributed by atoms with Crippen LogP contribution in [-0.2, 0) is 11.8 Å². The van der Waals surface area contributed by atoms with Gasteiger partial charge < -0.3 is 20.8 Å². The second kappa shape index (κ2) is 7.13. The fraction of sp³-hybridized carbons (Fsp3) is 0.417. The Morgan fingerprint density at radius 1 is 1.07 bits per heavy atom. The maximum absolute atomic E-state index is 6.57. The Morgan fingerprint density at radius 2 is 1.80 bits per heavy atom. The topological polar surface area (TPSA) is 92.0 Å². The molecule has 5 rings (SSSR count). The molecule has 2 heterocycles. The van der Waals surface area contributed by atoms with Crippen molar-refractivity contribution in [2.75, 3.05) is 5.73 Å². The lowest BCUT2D eigenvalue weighted by Gasteiger charge is -2.36. The molecule has 6 heteroatoms. The predicted molar refractivity (Wildman–Crippen MR) is 119 cm³/mol. The molecule has 1 saturated carbocycles. The maximum Gasteiger partial charge on any atom is 0.144 e. The van der Waals surface area contributed by atoms with Gasteiger partial charge in [0.25, 0.3) is 0 Å². The van der Waals surface area contributed by atoms with Crippen molar-refractivity contribution in [1.29, 1.82) is 0 Å². The highest BCUT2D eigenvalue weighted by Crippen LogP contribution is 2.47. The van der Waals surface area contributed by atoms with Crippen LogP contribution in [0.4, 0.5) is 5.82 Å². The summed E-state index contributed by atoms with van der Waals surface area (Å²) in [4.78, 5) is 8.90. The Morgan fingerprint density at radius 3 is 2.53 bits per heavy atom. The van der Waals surface area contributed by atoms with Crippen LogP contribution < -0.4 is 16.2 Å². The Balaban J connectivity index is 1.66. The fourth-order valence-electron chi connectivity index (χ4n) is 5.06. The zero-order valence-electron chi connectivity index (χ0n) is 17.6. The van der Waals surface area contributed by atoms with Gasteiger partial charge in [0, 0.05) is 29.6 Å². The largest absolute Gasteiger partial charge is 0.488 e. The minimum Gasteiger partial charge on any atom is -0.488 e. The highest BCUT2D eigenvalue weighted by atomic mass is 16.5. The van der Waals surface area contributed by atoms with E-state index in [4.69, 9.17) is 16.2 Å². The molecule has 2 aromatic heterocycles. The Hall–Kier alpha value is -2.86. The first kappa shape index (κ1) is 19.1. The number of fused-ring (bicyclic) bond motifs is 3. The molecule has 0 bridgehead atoms. The third kappa shape index (κ3) is 3.16. The van der Waals surface area contributed by atoms with Gasteiger partial charge in [0.05, 0.1) is 17.5 Å². The molecule has 0 unspecified atom stereocenters. The fourth-order valence-corrected chi connectivity index (χ4v) is 5.06. The number of nitrogens with two attached hydrogens (primary N) is 2. The molecule has 0 radical (unpaired) electrons. The normalized spacial score (nSPS) is 22.2. The standard InChI is InChI=1S/C24H29N5O/c1-24(2)13-18-17(21-20(24)23(26)28-14-27-21)9-10-19(22(18)29-11-3-4-12-29)30-16-7-5-15(25)6-8-16/h3-4,9-12,14-16H,5-8,13,25H2,1-2H3,(H2,26,27,28)/t15-,16-. The summed E-state index contributed by atoms with van der Waals surface area (Å²) in [5, 5.41) is 0. The van der Waals surface area contributed by atoms with Crippen molar-refractivity contribution in [3.05, 3.63) is 54.1 Å². The van der Waals surface area contributed by atoms with Crippen LogP contribution in [0.2, 0.25) is 0 Å². The molecule has 2 aliphatic carbocycles. The first-order valence-electron chi connectivity index (χ1n) is 10.8. The second-order valence-electron chi connectivity index (χ2n) is 9.23. The molecule has 0 spiro atoms. The van der Waals surface area contributed by atoms with Gasteiger partial charge in [-0.25, -0.2) is 9.97 Å². The molecule has 1 aromatic carbocycles. The van der Waals surface area contributed by atoms with Crippen LogP contribution in [0.15, 0.2) is 43.0 Å². The van der Waals surface area contributed by atoms with E-state index in [1.165, 1.54) is 5.56 Å². The summed E-state index contributed by atoms with van der Waals surface area (Å²) in [6.07, 6.45) is 10.8. The molecule has 0 aliphatic heterocycles. The average molecular weight is 404 g/mol. The zero-order valence-corrected chi connectivity index (χ0v) is 17.6. The van der Waals surface area contributed by atoms with E-state index in [0.717, 1.165) is 60.4 Å². The molecule has 30 heavy (non-hydrogen) atoms. The van der Waals surface area contributed by atoms with Gasteiger partial charge >= 0.3 is 0 Å². The summed E-state index contributed by atoms with van der Waals surface area (Å²) in [5.74, 6) is 1.49. The number of rotatable bonds is 3. The quantitative estimate of drug-likeness (QED) is 0.690. The molecule has 0 saturated heterocycles. The summed E-state index contributed by atoms with van der Waals surface area (Å²) in [6.45, 7) is 4.42. The van der Waals surface area contributed by atoms with Gasteiger partial charge in [-0.3, -0.25) is 0 Å². The summed E-state index contributed by atoms with van der Waals surface area (Å²) >= 11 is 0. The lowest BCUT2D eigenvalue weighted by molar-refractivity contribution is 0.147. The van der Waals surface area contributed by atoms with Gasteiger partial charge in [0.1, 0.15) is 17.9 Å². The molecule has 156 valence electrons. The molecule has 2 aliphatic rings. The highest BCUT2D eigenvalue weighted by Gasteiger charge is 2.37. The molecule has 6 nitrogen and oxygen atoms in total. The van der Waals surface area contributed by atoms with Crippen molar-refractivity contribution in [2.45, 2.75) is 63.5 Å². The number of nitrogen functional groups attached to an aromatic ring is 1. The van der Waals surface area contributed by atoms with E-state index >= 15 is 0 Å². The first-order valence-corrected chi connectivity index (χ1v) is 10.8. The van der Waals surface area contributed by atoms with Crippen LogP contribution in [0.1, 0.15) is 50.7 Å². The van der Waals surface area contributed by atoms with Crippen molar-refractivity contribution in [1.82, 2.24) is 14.5 Å². The predicted octanol–water partition coefficient (Wildman–Crippen LogP) is 4.00. The highest BCUT2D eigenvalue weighted by molar-refractivity contribution is 5.80. The van der Waals surface area contributed by atoms with Gasteiger partial charge in [-0.15, -0.1) is 0 Å². The Kier molecular flexibility index (Phi) is 4.54. The smallest absolute Gasteiger partial charge is 0.144 e. The Bertz CT molecular complexity index is 1070. The van der Waals surface area contributed by atoms with Gasteiger partial charge in [-0.05, 0) is 67.3 Å². The summed E-state index contributed by atoms with van der Waals surface area (Å²) < 4.78 is 8.73. The number of aromatic nitrogens is 3. The third-order valence-electron chi connectivity index (χ3n) is 6.55. The van der Waals surface area contributed by atoms with Crippen LogP contribution in [0.3, 0.4) is 0 Å². The SMILES string of the molecule is CC1(C)Cc2c(ccc(O[C@H]3CC[C@H](N)CC3)c2-n2cccc2)-c2ncnc(N)c21. The van der Waals surface area contributed by atoms with E-state index in [0.29, 0.717) is 11.9 Å². The summed E-state index contributed by atoms with van der Waals surface area (Å²) in [6, 6.07) is 8.62.